The summed E-state index contributed by atoms with van der Waals surface area (Å²) >= 11 is 6.50. The van der Waals surface area contributed by atoms with Crippen LogP contribution in [0.2, 0.25) is 5.02 Å². The fraction of sp³-hybridized carbons (Fsp3) is 0.364. The van der Waals surface area contributed by atoms with Crippen molar-refractivity contribution in [3.8, 4) is 11.4 Å². The van der Waals surface area contributed by atoms with Crippen LogP contribution in [-0.4, -0.2) is 34.6 Å². The maximum Gasteiger partial charge on any atom is 0.310 e. The summed E-state index contributed by atoms with van der Waals surface area (Å²) < 4.78 is 5.25. The number of aromatic nitrogens is 2. The molecule has 1 aromatic heterocycles. The molecule has 3 aromatic rings. The second kappa shape index (κ2) is 7.13. The maximum atomic E-state index is 12.3. The number of H-pyrrole nitrogens is 1. The van der Waals surface area contributed by atoms with Gasteiger partial charge in [-0.2, -0.15) is 0 Å². The van der Waals surface area contributed by atoms with Gasteiger partial charge in [0, 0.05) is 23.3 Å². The number of hydrogen-bond donors (Lipinski definition) is 1. The number of anilines is 1. The van der Waals surface area contributed by atoms with Crippen molar-refractivity contribution in [2.75, 3.05) is 18.1 Å². The van der Waals surface area contributed by atoms with Crippen molar-refractivity contribution in [3.63, 3.8) is 0 Å². The number of benzene rings is 2. The third-order valence-electron chi connectivity index (χ3n) is 5.41. The number of halogens is 1. The first-order chi connectivity index (χ1) is 13.4. The number of ether oxygens (including phenoxy) is 1. The normalized spacial score (nSPS) is 18.6. The second-order valence-corrected chi connectivity index (χ2v) is 8.25. The van der Waals surface area contributed by atoms with Gasteiger partial charge in [-0.25, -0.2) is 4.98 Å². The van der Waals surface area contributed by atoms with Crippen LogP contribution in [0.4, 0.5) is 5.69 Å². The Morgan fingerprint density at radius 1 is 1.32 bits per heavy atom. The van der Waals surface area contributed by atoms with Crippen molar-refractivity contribution in [2.45, 2.75) is 32.7 Å². The number of carbonyl (C=O) groups is 1. The van der Waals surface area contributed by atoms with Gasteiger partial charge < -0.3 is 14.6 Å². The Morgan fingerprint density at radius 3 is 2.86 bits per heavy atom. The van der Waals surface area contributed by atoms with E-state index in [9.17, 15) is 4.79 Å². The van der Waals surface area contributed by atoms with Crippen LogP contribution in [0.25, 0.3) is 22.4 Å². The van der Waals surface area contributed by atoms with Crippen molar-refractivity contribution >= 4 is 34.3 Å². The minimum Gasteiger partial charge on any atom is -0.466 e. The van der Waals surface area contributed by atoms with Gasteiger partial charge >= 0.3 is 5.97 Å². The van der Waals surface area contributed by atoms with Gasteiger partial charge in [-0.15, -0.1) is 0 Å². The first-order valence-electron chi connectivity index (χ1n) is 9.58. The lowest BCUT2D eigenvalue weighted by Gasteiger charge is -2.33. The van der Waals surface area contributed by atoms with E-state index in [4.69, 9.17) is 16.3 Å². The molecule has 1 unspecified atom stereocenters. The Morgan fingerprint density at radius 2 is 2.11 bits per heavy atom. The predicted octanol–water partition coefficient (Wildman–Crippen LogP) is 5.05. The molecule has 4 rings (SSSR count). The van der Waals surface area contributed by atoms with Gasteiger partial charge in [0.2, 0.25) is 0 Å². The highest BCUT2D eigenvalue weighted by molar-refractivity contribution is 6.33. The van der Waals surface area contributed by atoms with Crippen molar-refractivity contribution in [2.24, 2.45) is 5.92 Å². The molecular weight excluding hydrogens is 374 g/mol. The molecule has 5 nitrogen and oxygen atoms in total. The Labute approximate surface area is 169 Å². The van der Waals surface area contributed by atoms with Crippen molar-refractivity contribution in [3.05, 3.63) is 47.5 Å². The standard InChI is InChI=1S/C22H24ClN3O2/c1-4-28-21(27)14-12-22(2,3)26(13-14)15-9-10-17(23)16(11-15)20-24-18-7-5-6-8-19(18)25-20/h5-11,14H,4,12-13H2,1-3H3,(H,24,25). The van der Waals surface area contributed by atoms with Gasteiger partial charge in [0.25, 0.3) is 0 Å². The molecule has 1 aliphatic heterocycles. The van der Waals surface area contributed by atoms with E-state index in [0.29, 0.717) is 18.2 Å². The second-order valence-electron chi connectivity index (χ2n) is 7.84. The molecule has 1 fully saturated rings. The monoisotopic (exact) mass is 397 g/mol. The Bertz CT molecular complexity index is 995. The zero-order chi connectivity index (χ0) is 19.9. The minimum atomic E-state index is -0.156. The number of hydrogen-bond acceptors (Lipinski definition) is 4. The molecule has 0 spiro atoms. The summed E-state index contributed by atoms with van der Waals surface area (Å²) in [6.07, 6.45) is 0.758. The van der Waals surface area contributed by atoms with Crippen molar-refractivity contribution < 1.29 is 9.53 Å². The number of aromatic amines is 1. The predicted molar refractivity (Wildman–Crippen MR) is 113 cm³/mol. The number of fused-ring (bicyclic) bond motifs is 1. The van der Waals surface area contributed by atoms with Gasteiger partial charge in [-0.3, -0.25) is 4.79 Å². The third-order valence-corrected chi connectivity index (χ3v) is 5.74. The topological polar surface area (TPSA) is 58.2 Å². The Kier molecular flexibility index (Phi) is 4.79. The van der Waals surface area contributed by atoms with E-state index in [0.717, 1.165) is 34.5 Å². The zero-order valence-electron chi connectivity index (χ0n) is 16.3. The van der Waals surface area contributed by atoms with Crippen LogP contribution in [0.15, 0.2) is 42.5 Å². The van der Waals surface area contributed by atoms with E-state index < -0.39 is 0 Å². The lowest BCUT2D eigenvalue weighted by molar-refractivity contribution is -0.147. The lowest BCUT2D eigenvalue weighted by atomic mass is 9.96. The lowest BCUT2D eigenvalue weighted by Crippen LogP contribution is -2.38. The van der Waals surface area contributed by atoms with Crippen LogP contribution in [-0.2, 0) is 9.53 Å². The quantitative estimate of drug-likeness (QED) is 0.626. The fourth-order valence-corrected chi connectivity index (χ4v) is 4.27. The molecule has 28 heavy (non-hydrogen) atoms. The molecule has 2 heterocycles. The Balaban J connectivity index is 1.69. The third kappa shape index (κ3) is 3.35. The molecule has 0 amide bonds. The number of para-hydroxylation sites is 2. The highest BCUT2D eigenvalue weighted by atomic mass is 35.5. The summed E-state index contributed by atoms with van der Waals surface area (Å²) in [7, 11) is 0. The molecule has 1 aliphatic rings. The average Bonchev–Trinajstić information content (AvgIpc) is 3.23. The van der Waals surface area contributed by atoms with Gasteiger partial charge in [-0.05, 0) is 57.5 Å². The van der Waals surface area contributed by atoms with Crippen LogP contribution in [0.1, 0.15) is 27.2 Å². The fourth-order valence-electron chi connectivity index (χ4n) is 4.06. The molecule has 1 N–H and O–H groups in total. The first kappa shape index (κ1) is 18.8. The van der Waals surface area contributed by atoms with Crippen molar-refractivity contribution in [1.82, 2.24) is 9.97 Å². The van der Waals surface area contributed by atoms with E-state index in [1.807, 2.05) is 43.3 Å². The van der Waals surface area contributed by atoms with Crippen LogP contribution < -0.4 is 4.90 Å². The number of nitrogens with zero attached hydrogens (tertiary/aromatic N) is 2. The number of carbonyl (C=O) groups excluding carboxylic acids is 1. The van der Waals surface area contributed by atoms with Gasteiger partial charge in [0.1, 0.15) is 5.82 Å². The highest BCUT2D eigenvalue weighted by Crippen LogP contribution is 2.40. The maximum absolute atomic E-state index is 12.3. The number of nitrogens with one attached hydrogen (secondary N) is 1. The summed E-state index contributed by atoms with van der Waals surface area (Å²) in [5.74, 6) is 0.497. The van der Waals surface area contributed by atoms with E-state index >= 15 is 0 Å². The summed E-state index contributed by atoms with van der Waals surface area (Å²) in [5.41, 5.74) is 3.60. The number of imidazole rings is 1. The molecule has 2 aromatic carbocycles. The van der Waals surface area contributed by atoms with E-state index in [2.05, 4.69) is 34.8 Å². The number of rotatable bonds is 4. The van der Waals surface area contributed by atoms with Gasteiger partial charge in [0.15, 0.2) is 0 Å². The Hall–Kier alpha value is -2.53. The summed E-state index contributed by atoms with van der Waals surface area (Å²) in [6.45, 7) is 7.19. The minimum absolute atomic E-state index is 0.121. The van der Waals surface area contributed by atoms with Crippen LogP contribution in [0.5, 0.6) is 0 Å². The van der Waals surface area contributed by atoms with Crippen LogP contribution >= 0.6 is 11.6 Å². The van der Waals surface area contributed by atoms with E-state index in [1.165, 1.54) is 0 Å². The number of esters is 1. The zero-order valence-corrected chi connectivity index (χ0v) is 17.1. The molecule has 0 bridgehead atoms. The molecular formula is C22H24ClN3O2. The highest BCUT2D eigenvalue weighted by Gasteiger charge is 2.42. The summed E-state index contributed by atoms with van der Waals surface area (Å²) in [4.78, 5) is 22.6. The van der Waals surface area contributed by atoms with Crippen molar-refractivity contribution in [1.29, 1.82) is 0 Å². The van der Waals surface area contributed by atoms with Gasteiger partial charge in [-0.1, -0.05) is 23.7 Å². The molecule has 6 heteroatoms. The van der Waals surface area contributed by atoms with Crippen LogP contribution in [0, 0.1) is 5.92 Å². The molecule has 0 aliphatic carbocycles. The van der Waals surface area contributed by atoms with Crippen LogP contribution in [0.3, 0.4) is 0 Å². The molecule has 0 saturated carbocycles. The van der Waals surface area contributed by atoms with E-state index in [-0.39, 0.29) is 17.4 Å². The molecule has 146 valence electrons. The largest absolute Gasteiger partial charge is 0.466 e. The smallest absolute Gasteiger partial charge is 0.310 e. The summed E-state index contributed by atoms with van der Waals surface area (Å²) in [5, 5.41) is 0.641. The average molecular weight is 398 g/mol. The summed E-state index contributed by atoms with van der Waals surface area (Å²) in [6, 6.07) is 13.9. The first-order valence-corrected chi connectivity index (χ1v) is 9.96. The molecule has 1 atom stereocenters. The molecule has 1 saturated heterocycles. The van der Waals surface area contributed by atoms with E-state index in [1.54, 1.807) is 0 Å². The SMILES string of the molecule is CCOC(=O)C1CN(c2ccc(Cl)c(-c3nc4ccccc4[nH]3)c2)C(C)(C)C1. The van der Waals surface area contributed by atoms with Gasteiger partial charge in [0.05, 0.1) is 28.6 Å². The molecule has 0 radical (unpaired) electrons.